The van der Waals surface area contributed by atoms with Crippen LogP contribution in [0.4, 0.5) is 20.2 Å². The lowest BCUT2D eigenvalue weighted by Gasteiger charge is -2.17. The predicted molar refractivity (Wildman–Crippen MR) is 68.1 cm³/mol. The molecule has 1 aromatic rings. The highest BCUT2D eigenvalue weighted by Gasteiger charge is 2.15. The number of anilines is 2. The van der Waals surface area contributed by atoms with Gasteiger partial charge in [-0.1, -0.05) is 20.8 Å². The summed E-state index contributed by atoms with van der Waals surface area (Å²) in [6.07, 6.45) is 0.956. The first-order chi connectivity index (χ1) is 8.19. The average molecular weight is 256 g/mol. The third kappa shape index (κ3) is 4.31. The van der Waals surface area contributed by atoms with Gasteiger partial charge in [-0.05, 0) is 17.9 Å². The maximum absolute atomic E-state index is 13.4. The fourth-order valence-corrected chi connectivity index (χ4v) is 1.36. The highest BCUT2D eigenvalue weighted by atomic mass is 19.1. The summed E-state index contributed by atoms with van der Waals surface area (Å²) in [5.41, 5.74) is 5.06. The summed E-state index contributed by atoms with van der Waals surface area (Å²) < 4.78 is 26.3. The number of carbonyl (C=O) groups excluding carboxylic acids is 1. The van der Waals surface area contributed by atoms with Gasteiger partial charge in [-0.2, -0.15) is 0 Å². The minimum absolute atomic E-state index is 0.0255. The van der Waals surface area contributed by atoms with Gasteiger partial charge in [-0.15, -0.1) is 0 Å². The van der Waals surface area contributed by atoms with Crippen LogP contribution >= 0.6 is 0 Å². The van der Waals surface area contributed by atoms with Crippen LogP contribution in [-0.2, 0) is 4.79 Å². The van der Waals surface area contributed by atoms with Gasteiger partial charge in [0.15, 0.2) is 0 Å². The molecule has 0 aliphatic rings. The second-order valence-corrected chi connectivity index (χ2v) is 5.46. The first-order valence-electron chi connectivity index (χ1n) is 5.73. The Morgan fingerprint density at radius 3 is 2.44 bits per heavy atom. The number of amides is 1. The molecule has 0 heterocycles. The van der Waals surface area contributed by atoms with E-state index in [1.54, 1.807) is 0 Å². The fraction of sp³-hybridized carbons (Fsp3) is 0.462. The van der Waals surface area contributed by atoms with Gasteiger partial charge >= 0.3 is 0 Å². The standard InChI is InChI=1S/C13H18F2N2O/c1-13(2,3)5-4-12(18)17-11-7-10(16)8(14)6-9(11)15/h6-7H,4-5,16H2,1-3H3,(H,17,18). The predicted octanol–water partition coefficient (Wildman–Crippen LogP) is 3.31. The first-order valence-corrected chi connectivity index (χ1v) is 5.73. The number of carbonyl (C=O) groups is 1. The lowest BCUT2D eigenvalue weighted by atomic mass is 9.90. The zero-order chi connectivity index (χ0) is 13.9. The lowest BCUT2D eigenvalue weighted by molar-refractivity contribution is -0.116. The van der Waals surface area contributed by atoms with Crippen molar-refractivity contribution in [2.75, 3.05) is 11.1 Å². The number of nitrogens with two attached hydrogens (primary N) is 1. The van der Waals surface area contributed by atoms with E-state index in [4.69, 9.17) is 5.73 Å². The van der Waals surface area contributed by atoms with Crippen LogP contribution in [0.3, 0.4) is 0 Å². The molecule has 18 heavy (non-hydrogen) atoms. The monoisotopic (exact) mass is 256 g/mol. The van der Waals surface area contributed by atoms with Crippen molar-refractivity contribution in [3.8, 4) is 0 Å². The molecular weight excluding hydrogens is 238 g/mol. The average Bonchev–Trinajstić information content (AvgIpc) is 2.22. The Morgan fingerprint density at radius 2 is 1.89 bits per heavy atom. The molecule has 5 heteroatoms. The van der Waals surface area contributed by atoms with E-state index in [0.29, 0.717) is 12.5 Å². The van der Waals surface area contributed by atoms with Gasteiger partial charge in [-0.25, -0.2) is 8.78 Å². The van der Waals surface area contributed by atoms with Crippen LogP contribution in [0, 0.1) is 17.0 Å². The summed E-state index contributed by atoms with van der Waals surface area (Å²) in [5, 5.41) is 2.39. The molecule has 3 nitrogen and oxygen atoms in total. The first kappa shape index (κ1) is 14.4. The molecule has 0 radical (unpaired) electrons. The van der Waals surface area contributed by atoms with Gasteiger partial charge in [0.25, 0.3) is 0 Å². The van der Waals surface area contributed by atoms with Crippen molar-refractivity contribution >= 4 is 17.3 Å². The van der Waals surface area contributed by atoms with Crippen molar-refractivity contribution in [3.63, 3.8) is 0 Å². The summed E-state index contributed by atoms with van der Waals surface area (Å²) in [4.78, 5) is 11.6. The van der Waals surface area contributed by atoms with Crippen molar-refractivity contribution in [2.45, 2.75) is 33.6 Å². The molecule has 0 bridgehead atoms. The zero-order valence-electron chi connectivity index (χ0n) is 10.8. The third-order valence-corrected chi connectivity index (χ3v) is 2.46. The lowest BCUT2D eigenvalue weighted by Crippen LogP contribution is -2.16. The van der Waals surface area contributed by atoms with Gasteiger partial charge in [0.1, 0.15) is 11.6 Å². The largest absolute Gasteiger partial charge is 0.396 e. The topological polar surface area (TPSA) is 55.1 Å². The number of hydrogen-bond acceptors (Lipinski definition) is 2. The number of benzene rings is 1. The van der Waals surface area contributed by atoms with Crippen molar-refractivity contribution in [2.24, 2.45) is 5.41 Å². The molecule has 0 aliphatic carbocycles. The van der Waals surface area contributed by atoms with E-state index < -0.39 is 11.6 Å². The summed E-state index contributed by atoms with van der Waals surface area (Å²) in [7, 11) is 0. The van der Waals surface area contributed by atoms with Gasteiger partial charge in [0.2, 0.25) is 5.91 Å². The Labute approximate surface area is 105 Å². The Hall–Kier alpha value is -1.65. The molecule has 1 rings (SSSR count). The molecule has 0 aromatic heterocycles. The third-order valence-electron chi connectivity index (χ3n) is 2.46. The molecular formula is C13H18F2N2O. The van der Waals surface area contributed by atoms with E-state index in [-0.39, 0.29) is 29.1 Å². The maximum atomic E-state index is 13.4. The zero-order valence-corrected chi connectivity index (χ0v) is 10.8. The quantitative estimate of drug-likeness (QED) is 0.815. The SMILES string of the molecule is CC(C)(C)CCC(=O)Nc1cc(N)c(F)cc1F. The van der Waals surface area contributed by atoms with Crippen LogP contribution in [0.1, 0.15) is 33.6 Å². The van der Waals surface area contributed by atoms with Crippen LogP contribution in [0.5, 0.6) is 0 Å². The summed E-state index contributed by atoms with van der Waals surface area (Å²) >= 11 is 0. The normalized spacial score (nSPS) is 11.4. The van der Waals surface area contributed by atoms with E-state index in [9.17, 15) is 13.6 Å². The molecule has 0 saturated carbocycles. The molecule has 0 aliphatic heterocycles. The van der Waals surface area contributed by atoms with Gasteiger partial charge in [0, 0.05) is 12.5 Å². The molecule has 3 N–H and O–H groups in total. The van der Waals surface area contributed by atoms with Crippen LogP contribution in [0.25, 0.3) is 0 Å². The van der Waals surface area contributed by atoms with Crippen molar-refractivity contribution < 1.29 is 13.6 Å². The number of nitrogen functional groups attached to an aromatic ring is 1. The highest BCUT2D eigenvalue weighted by Crippen LogP contribution is 2.23. The van der Waals surface area contributed by atoms with Crippen LogP contribution in [0.15, 0.2) is 12.1 Å². The number of rotatable bonds is 3. The minimum atomic E-state index is -0.833. The van der Waals surface area contributed by atoms with Crippen LogP contribution < -0.4 is 11.1 Å². The van der Waals surface area contributed by atoms with Crippen LogP contribution in [0.2, 0.25) is 0 Å². The second-order valence-electron chi connectivity index (χ2n) is 5.46. The Bertz CT molecular complexity index is 453. The molecule has 1 aromatic carbocycles. The molecule has 0 spiro atoms. The van der Waals surface area contributed by atoms with Crippen molar-refractivity contribution in [3.05, 3.63) is 23.8 Å². The molecule has 100 valence electrons. The maximum Gasteiger partial charge on any atom is 0.224 e. The van der Waals surface area contributed by atoms with E-state index >= 15 is 0 Å². The molecule has 0 saturated heterocycles. The molecule has 0 fully saturated rings. The summed E-state index contributed by atoms with van der Waals surface area (Å²) in [6.45, 7) is 6.03. The Kier molecular flexibility index (Phi) is 4.27. The molecule has 0 atom stereocenters. The Morgan fingerprint density at radius 1 is 1.28 bits per heavy atom. The van der Waals surface area contributed by atoms with Crippen LogP contribution in [-0.4, -0.2) is 5.91 Å². The van der Waals surface area contributed by atoms with Gasteiger partial charge in [-0.3, -0.25) is 4.79 Å². The van der Waals surface area contributed by atoms with E-state index in [2.05, 4.69) is 5.32 Å². The Balaban J connectivity index is 2.68. The van der Waals surface area contributed by atoms with Gasteiger partial charge < -0.3 is 11.1 Å². The number of halogens is 2. The van der Waals surface area contributed by atoms with E-state index in [0.717, 1.165) is 6.07 Å². The van der Waals surface area contributed by atoms with Crippen molar-refractivity contribution in [1.82, 2.24) is 0 Å². The second kappa shape index (κ2) is 5.33. The number of nitrogens with one attached hydrogen (secondary N) is 1. The molecule has 1 amide bonds. The fourth-order valence-electron chi connectivity index (χ4n) is 1.36. The minimum Gasteiger partial charge on any atom is -0.396 e. The smallest absolute Gasteiger partial charge is 0.224 e. The van der Waals surface area contributed by atoms with Crippen molar-refractivity contribution in [1.29, 1.82) is 0 Å². The molecule has 0 unspecified atom stereocenters. The number of hydrogen-bond donors (Lipinski definition) is 2. The van der Waals surface area contributed by atoms with E-state index in [1.807, 2.05) is 20.8 Å². The van der Waals surface area contributed by atoms with Gasteiger partial charge in [0.05, 0.1) is 11.4 Å². The summed E-state index contributed by atoms with van der Waals surface area (Å²) in [5.74, 6) is -1.97. The van der Waals surface area contributed by atoms with E-state index in [1.165, 1.54) is 0 Å². The summed E-state index contributed by atoms with van der Waals surface area (Å²) in [6, 6.07) is 1.74. The highest BCUT2D eigenvalue weighted by molar-refractivity contribution is 5.91.